The summed E-state index contributed by atoms with van der Waals surface area (Å²) in [5.74, 6) is 0. The summed E-state index contributed by atoms with van der Waals surface area (Å²) < 4.78 is 1.35. The quantitative estimate of drug-likeness (QED) is 0.687. The SMILES string of the molecule is CCc1cc2sccc2c(C)c1N. The van der Waals surface area contributed by atoms with Crippen molar-refractivity contribution in [1.29, 1.82) is 0 Å². The average molecular weight is 191 g/mol. The van der Waals surface area contributed by atoms with Gasteiger partial charge < -0.3 is 5.73 Å². The molecule has 13 heavy (non-hydrogen) atoms. The van der Waals surface area contributed by atoms with Crippen molar-refractivity contribution in [3.8, 4) is 0 Å². The zero-order valence-electron chi connectivity index (χ0n) is 7.92. The molecule has 1 aromatic heterocycles. The highest BCUT2D eigenvalue weighted by atomic mass is 32.1. The fourth-order valence-electron chi connectivity index (χ4n) is 1.66. The molecule has 0 fully saturated rings. The minimum absolute atomic E-state index is 0.966. The highest BCUT2D eigenvalue weighted by Gasteiger charge is 2.06. The molecule has 1 aromatic carbocycles. The van der Waals surface area contributed by atoms with E-state index in [0.29, 0.717) is 0 Å². The number of thiophene rings is 1. The molecule has 2 N–H and O–H groups in total. The molecule has 2 rings (SSSR count). The lowest BCUT2D eigenvalue weighted by Gasteiger charge is -2.07. The van der Waals surface area contributed by atoms with Crippen LogP contribution in [0.15, 0.2) is 17.5 Å². The van der Waals surface area contributed by atoms with Crippen molar-refractivity contribution >= 4 is 27.1 Å². The van der Waals surface area contributed by atoms with Crippen LogP contribution in [0.2, 0.25) is 0 Å². The van der Waals surface area contributed by atoms with Crippen molar-refractivity contribution in [2.75, 3.05) is 5.73 Å². The van der Waals surface area contributed by atoms with Crippen molar-refractivity contribution in [1.82, 2.24) is 0 Å². The van der Waals surface area contributed by atoms with E-state index < -0.39 is 0 Å². The molecule has 0 saturated heterocycles. The van der Waals surface area contributed by atoms with Crippen LogP contribution in [-0.4, -0.2) is 0 Å². The van der Waals surface area contributed by atoms with E-state index in [-0.39, 0.29) is 0 Å². The number of aryl methyl sites for hydroxylation is 2. The van der Waals surface area contributed by atoms with Crippen LogP contribution in [-0.2, 0) is 6.42 Å². The molecule has 2 heteroatoms. The van der Waals surface area contributed by atoms with Gasteiger partial charge in [-0.1, -0.05) is 6.92 Å². The summed E-state index contributed by atoms with van der Waals surface area (Å²) >= 11 is 1.78. The van der Waals surface area contributed by atoms with E-state index >= 15 is 0 Å². The summed E-state index contributed by atoms with van der Waals surface area (Å²) in [5.41, 5.74) is 9.49. The highest BCUT2D eigenvalue weighted by molar-refractivity contribution is 7.17. The molecule has 0 aliphatic rings. The van der Waals surface area contributed by atoms with Crippen LogP contribution in [0.3, 0.4) is 0 Å². The predicted molar refractivity (Wildman–Crippen MR) is 60.4 cm³/mol. The Bertz CT molecular complexity index is 443. The number of nitrogens with two attached hydrogens (primary N) is 1. The maximum absolute atomic E-state index is 6.02. The van der Waals surface area contributed by atoms with Gasteiger partial charge in [0.05, 0.1) is 0 Å². The number of nitrogen functional groups attached to an aromatic ring is 1. The molecule has 0 amide bonds. The summed E-state index contributed by atoms with van der Waals surface area (Å²) in [6, 6.07) is 4.35. The molecule has 1 heterocycles. The third-order valence-electron chi connectivity index (χ3n) is 2.54. The van der Waals surface area contributed by atoms with Crippen LogP contribution < -0.4 is 5.73 Å². The minimum Gasteiger partial charge on any atom is -0.398 e. The zero-order chi connectivity index (χ0) is 9.42. The number of benzene rings is 1. The van der Waals surface area contributed by atoms with Gasteiger partial charge in [0, 0.05) is 10.4 Å². The molecule has 0 spiro atoms. The van der Waals surface area contributed by atoms with Crippen LogP contribution >= 0.6 is 11.3 Å². The third-order valence-corrected chi connectivity index (χ3v) is 3.40. The Balaban J connectivity index is 2.83. The molecule has 68 valence electrons. The molecule has 0 saturated carbocycles. The monoisotopic (exact) mass is 191 g/mol. The first-order valence-electron chi connectivity index (χ1n) is 4.49. The standard InChI is InChI=1S/C11H13NS/c1-3-8-6-10-9(4-5-13-10)7(2)11(8)12/h4-6H,3,12H2,1-2H3. The van der Waals surface area contributed by atoms with E-state index in [0.717, 1.165) is 12.1 Å². The number of hydrogen-bond donors (Lipinski definition) is 1. The van der Waals surface area contributed by atoms with E-state index in [1.54, 1.807) is 11.3 Å². The topological polar surface area (TPSA) is 26.0 Å². The molecule has 0 atom stereocenters. The van der Waals surface area contributed by atoms with Crippen molar-refractivity contribution in [2.45, 2.75) is 20.3 Å². The van der Waals surface area contributed by atoms with Gasteiger partial charge in [0.2, 0.25) is 0 Å². The van der Waals surface area contributed by atoms with Crippen LogP contribution in [0.1, 0.15) is 18.1 Å². The molecule has 0 aliphatic heterocycles. The fraction of sp³-hybridized carbons (Fsp3) is 0.273. The first-order chi connectivity index (χ1) is 6.24. The normalized spacial score (nSPS) is 10.9. The number of fused-ring (bicyclic) bond motifs is 1. The summed E-state index contributed by atoms with van der Waals surface area (Å²) in [6.07, 6.45) is 1.01. The van der Waals surface area contributed by atoms with Gasteiger partial charge in [-0.2, -0.15) is 0 Å². The second-order valence-electron chi connectivity index (χ2n) is 3.26. The van der Waals surface area contributed by atoms with Crippen molar-refractivity contribution in [2.24, 2.45) is 0 Å². The highest BCUT2D eigenvalue weighted by Crippen LogP contribution is 2.31. The van der Waals surface area contributed by atoms with Crippen LogP contribution in [0.4, 0.5) is 5.69 Å². The minimum atomic E-state index is 0.966. The maximum atomic E-state index is 6.02. The lowest BCUT2D eigenvalue weighted by atomic mass is 10.0. The van der Waals surface area contributed by atoms with E-state index in [1.165, 1.54) is 21.2 Å². The lowest BCUT2D eigenvalue weighted by Crippen LogP contribution is -1.95. The van der Waals surface area contributed by atoms with E-state index in [9.17, 15) is 0 Å². The molecule has 2 aromatic rings. The van der Waals surface area contributed by atoms with Gasteiger partial charge in [0.1, 0.15) is 0 Å². The number of anilines is 1. The van der Waals surface area contributed by atoms with Gasteiger partial charge >= 0.3 is 0 Å². The summed E-state index contributed by atoms with van der Waals surface area (Å²) in [6.45, 7) is 4.24. The Kier molecular flexibility index (Phi) is 2.00. The predicted octanol–water partition coefficient (Wildman–Crippen LogP) is 3.35. The first kappa shape index (κ1) is 8.57. The Morgan fingerprint density at radius 1 is 1.46 bits per heavy atom. The van der Waals surface area contributed by atoms with Gasteiger partial charge in [-0.3, -0.25) is 0 Å². The van der Waals surface area contributed by atoms with E-state index in [2.05, 4.69) is 31.4 Å². The Morgan fingerprint density at radius 3 is 2.92 bits per heavy atom. The third kappa shape index (κ3) is 1.22. The van der Waals surface area contributed by atoms with Crippen molar-refractivity contribution in [3.63, 3.8) is 0 Å². The second-order valence-corrected chi connectivity index (χ2v) is 4.21. The van der Waals surface area contributed by atoms with Crippen molar-refractivity contribution in [3.05, 3.63) is 28.6 Å². The van der Waals surface area contributed by atoms with Gasteiger partial charge in [0.25, 0.3) is 0 Å². The molecular formula is C11H13NS. The molecule has 0 aliphatic carbocycles. The van der Waals surface area contributed by atoms with Gasteiger partial charge in [-0.25, -0.2) is 0 Å². The summed E-state index contributed by atoms with van der Waals surface area (Å²) in [4.78, 5) is 0. The zero-order valence-corrected chi connectivity index (χ0v) is 8.74. The van der Waals surface area contributed by atoms with Crippen molar-refractivity contribution < 1.29 is 0 Å². The smallest absolute Gasteiger partial charge is 0.0383 e. The molecule has 0 radical (unpaired) electrons. The fourth-order valence-corrected chi connectivity index (χ4v) is 2.57. The Labute approximate surface area is 82.2 Å². The van der Waals surface area contributed by atoms with Crippen LogP contribution in [0, 0.1) is 6.92 Å². The van der Waals surface area contributed by atoms with E-state index in [1.807, 2.05) is 0 Å². The Morgan fingerprint density at radius 2 is 2.23 bits per heavy atom. The second kappa shape index (κ2) is 3.04. The number of rotatable bonds is 1. The largest absolute Gasteiger partial charge is 0.398 e. The van der Waals surface area contributed by atoms with Crippen LogP contribution in [0.5, 0.6) is 0 Å². The molecule has 0 unspecified atom stereocenters. The molecule has 1 nitrogen and oxygen atoms in total. The maximum Gasteiger partial charge on any atom is 0.0383 e. The molecule has 0 bridgehead atoms. The summed E-state index contributed by atoms with van der Waals surface area (Å²) in [7, 11) is 0. The lowest BCUT2D eigenvalue weighted by molar-refractivity contribution is 1.15. The van der Waals surface area contributed by atoms with Crippen LogP contribution in [0.25, 0.3) is 10.1 Å². The average Bonchev–Trinajstić information content (AvgIpc) is 2.59. The molecular weight excluding hydrogens is 178 g/mol. The number of hydrogen-bond acceptors (Lipinski definition) is 2. The first-order valence-corrected chi connectivity index (χ1v) is 5.37. The summed E-state index contributed by atoms with van der Waals surface area (Å²) in [5, 5.41) is 3.43. The Hall–Kier alpha value is -1.02. The van der Waals surface area contributed by atoms with Gasteiger partial charge in [-0.05, 0) is 47.4 Å². The van der Waals surface area contributed by atoms with Gasteiger partial charge in [0.15, 0.2) is 0 Å². The van der Waals surface area contributed by atoms with Gasteiger partial charge in [-0.15, -0.1) is 11.3 Å². The van der Waals surface area contributed by atoms with E-state index in [4.69, 9.17) is 5.73 Å².